The van der Waals surface area contributed by atoms with Gasteiger partial charge in [-0.2, -0.15) is 0 Å². The summed E-state index contributed by atoms with van der Waals surface area (Å²) in [5.41, 5.74) is 8.18. The van der Waals surface area contributed by atoms with Crippen LogP contribution >= 0.6 is 0 Å². The molecule has 1 atom stereocenters. The summed E-state index contributed by atoms with van der Waals surface area (Å²) in [7, 11) is 0. The van der Waals surface area contributed by atoms with Crippen molar-refractivity contribution in [3.63, 3.8) is 0 Å². The Morgan fingerprint density at radius 2 is 1.73 bits per heavy atom. The molecular weight excluding hydrogens is 186 g/mol. The minimum atomic E-state index is 0.0685. The Bertz CT molecular complexity index is 293. The Kier molecular flexibility index (Phi) is 3.89. The second-order valence-electron chi connectivity index (χ2n) is 4.99. The lowest BCUT2D eigenvalue weighted by atomic mass is 9.85. The number of nitrogens with two attached hydrogens (primary N) is 1. The summed E-state index contributed by atoms with van der Waals surface area (Å²) < 4.78 is 0. The van der Waals surface area contributed by atoms with Crippen molar-refractivity contribution in [1.82, 2.24) is 0 Å². The van der Waals surface area contributed by atoms with E-state index < -0.39 is 0 Å². The topological polar surface area (TPSA) is 46.2 Å². The van der Waals surface area contributed by atoms with Gasteiger partial charge in [0.25, 0.3) is 0 Å². The van der Waals surface area contributed by atoms with E-state index in [1.807, 2.05) is 0 Å². The summed E-state index contributed by atoms with van der Waals surface area (Å²) in [5.74, 6) is 0.0685. The minimum absolute atomic E-state index is 0.0685. The second kappa shape index (κ2) is 4.77. The lowest BCUT2D eigenvalue weighted by molar-refractivity contribution is 0.268. The summed E-state index contributed by atoms with van der Waals surface area (Å²) in [5, 5.41) is 9.13. The van der Waals surface area contributed by atoms with Crippen LogP contribution in [0.5, 0.6) is 0 Å². The normalized spacial score (nSPS) is 13.9. The second-order valence-corrected chi connectivity index (χ2v) is 4.99. The van der Waals surface area contributed by atoms with Crippen molar-refractivity contribution >= 4 is 0 Å². The van der Waals surface area contributed by atoms with Crippen LogP contribution in [-0.4, -0.2) is 18.3 Å². The molecule has 1 aromatic carbocycles. The van der Waals surface area contributed by atoms with E-state index in [4.69, 9.17) is 10.8 Å². The average Bonchev–Trinajstić information content (AvgIpc) is 2.19. The van der Waals surface area contributed by atoms with Crippen molar-refractivity contribution in [3.05, 3.63) is 35.4 Å². The maximum Gasteiger partial charge on any atom is 0.0511 e. The Labute approximate surface area is 92.1 Å². The quantitative estimate of drug-likeness (QED) is 0.796. The number of aliphatic hydroxyl groups is 1. The molecule has 15 heavy (non-hydrogen) atoms. The van der Waals surface area contributed by atoms with Crippen molar-refractivity contribution in [1.29, 1.82) is 0 Å². The molecule has 84 valence electrons. The largest absolute Gasteiger partial charge is 0.396 e. The van der Waals surface area contributed by atoms with Crippen molar-refractivity contribution in [2.24, 2.45) is 5.73 Å². The van der Waals surface area contributed by atoms with E-state index in [2.05, 4.69) is 45.0 Å². The molecule has 0 heterocycles. The van der Waals surface area contributed by atoms with Gasteiger partial charge in [0, 0.05) is 12.5 Å². The molecule has 0 radical (unpaired) electrons. The van der Waals surface area contributed by atoms with Crippen LogP contribution in [0.1, 0.15) is 37.8 Å². The first kappa shape index (κ1) is 12.2. The molecule has 0 aliphatic heterocycles. The molecule has 0 fully saturated rings. The Hall–Kier alpha value is -0.860. The monoisotopic (exact) mass is 207 g/mol. The number of benzene rings is 1. The van der Waals surface area contributed by atoms with E-state index >= 15 is 0 Å². The van der Waals surface area contributed by atoms with Gasteiger partial charge in [-0.3, -0.25) is 0 Å². The van der Waals surface area contributed by atoms with Crippen LogP contribution in [0, 0.1) is 0 Å². The first-order valence-corrected chi connectivity index (χ1v) is 5.40. The van der Waals surface area contributed by atoms with Crippen LogP contribution < -0.4 is 5.73 Å². The first-order valence-electron chi connectivity index (χ1n) is 5.40. The van der Waals surface area contributed by atoms with Gasteiger partial charge < -0.3 is 10.8 Å². The van der Waals surface area contributed by atoms with Gasteiger partial charge in [0.15, 0.2) is 0 Å². The zero-order valence-corrected chi connectivity index (χ0v) is 9.83. The van der Waals surface area contributed by atoms with Gasteiger partial charge in [-0.1, -0.05) is 45.0 Å². The van der Waals surface area contributed by atoms with Crippen LogP contribution in [0.3, 0.4) is 0 Å². The molecule has 0 aliphatic rings. The fraction of sp³-hybridized carbons (Fsp3) is 0.538. The van der Waals surface area contributed by atoms with E-state index in [0.29, 0.717) is 6.54 Å². The Morgan fingerprint density at radius 3 is 2.07 bits per heavy atom. The highest BCUT2D eigenvalue weighted by Gasteiger charge is 2.14. The standard InChI is InChI=1S/C13H21NO/c1-13(2,3)12-6-4-10(5-7-12)11(8-14)9-15/h4-7,11,15H,8-9,14H2,1-3H3. The fourth-order valence-electron chi connectivity index (χ4n) is 1.57. The zero-order valence-electron chi connectivity index (χ0n) is 9.83. The lowest BCUT2D eigenvalue weighted by Crippen LogP contribution is -2.16. The molecule has 1 aromatic rings. The maximum absolute atomic E-state index is 9.13. The molecule has 1 rings (SSSR count). The predicted molar refractivity (Wildman–Crippen MR) is 64.0 cm³/mol. The van der Waals surface area contributed by atoms with Gasteiger partial charge >= 0.3 is 0 Å². The summed E-state index contributed by atoms with van der Waals surface area (Å²) in [6.45, 7) is 7.17. The van der Waals surface area contributed by atoms with Gasteiger partial charge in [0.2, 0.25) is 0 Å². The van der Waals surface area contributed by atoms with Gasteiger partial charge in [-0.05, 0) is 16.5 Å². The smallest absolute Gasteiger partial charge is 0.0511 e. The van der Waals surface area contributed by atoms with E-state index in [0.717, 1.165) is 5.56 Å². The van der Waals surface area contributed by atoms with E-state index in [1.165, 1.54) is 5.56 Å². The molecule has 0 saturated carbocycles. The summed E-state index contributed by atoms with van der Waals surface area (Å²) in [6.07, 6.45) is 0. The van der Waals surface area contributed by atoms with Crippen molar-refractivity contribution in [3.8, 4) is 0 Å². The van der Waals surface area contributed by atoms with Crippen LogP contribution in [0.4, 0.5) is 0 Å². The first-order chi connectivity index (χ1) is 6.99. The number of hydrogen-bond acceptors (Lipinski definition) is 2. The van der Waals surface area contributed by atoms with E-state index in [-0.39, 0.29) is 17.9 Å². The molecule has 0 aliphatic carbocycles. The highest BCUT2D eigenvalue weighted by Crippen LogP contribution is 2.24. The molecule has 3 N–H and O–H groups in total. The SMILES string of the molecule is CC(C)(C)c1ccc(C(CN)CO)cc1. The van der Waals surface area contributed by atoms with Crippen molar-refractivity contribution in [2.45, 2.75) is 32.1 Å². The van der Waals surface area contributed by atoms with Gasteiger partial charge in [0.05, 0.1) is 6.61 Å². The third kappa shape index (κ3) is 3.05. The molecule has 0 saturated heterocycles. The average molecular weight is 207 g/mol. The highest BCUT2D eigenvalue weighted by atomic mass is 16.3. The van der Waals surface area contributed by atoms with E-state index in [1.54, 1.807) is 0 Å². The molecule has 1 unspecified atom stereocenters. The Balaban J connectivity index is 2.89. The fourth-order valence-corrected chi connectivity index (χ4v) is 1.57. The van der Waals surface area contributed by atoms with Gasteiger partial charge in [0.1, 0.15) is 0 Å². The number of aliphatic hydroxyl groups excluding tert-OH is 1. The summed E-state index contributed by atoms with van der Waals surface area (Å²) in [4.78, 5) is 0. The number of rotatable bonds is 3. The van der Waals surface area contributed by atoms with Crippen LogP contribution in [0.25, 0.3) is 0 Å². The highest BCUT2D eigenvalue weighted by molar-refractivity contribution is 5.29. The zero-order chi connectivity index (χ0) is 11.5. The van der Waals surface area contributed by atoms with Gasteiger partial charge in [-0.15, -0.1) is 0 Å². The van der Waals surface area contributed by atoms with Crippen LogP contribution in [-0.2, 0) is 5.41 Å². The van der Waals surface area contributed by atoms with Gasteiger partial charge in [-0.25, -0.2) is 0 Å². The molecule has 2 nitrogen and oxygen atoms in total. The van der Waals surface area contributed by atoms with E-state index in [9.17, 15) is 0 Å². The third-order valence-corrected chi connectivity index (χ3v) is 2.75. The molecule has 0 amide bonds. The molecule has 0 bridgehead atoms. The van der Waals surface area contributed by atoms with Crippen LogP contribution in [0.2, 0.25) is 0 Å². The van der Waals surface area contributed by atoms with Crippen LogP contribution in [0.15, 0.2) is 24.3 Å². The van der Waals surface area contributed by atoms with Crippen molar-refractivity contribution < 1.29 is 5.11 Å². The lowest BCUT2D eigenvalue weighted by Gasteiger charge is -2.20. The summed E-state index contributed by atoms with van der Waals surface area (Å²) >= 11 is 0. The third-order valence-electron chi connectivity index (χ3n) is 2.75. The molecule has 0 spiro atoms. The maximum atomic E-state index is 9.13. The summed E-state index contributed by atoms with van der Waals surface area (Å²) in [6, 6.07) is 8.37. The predicted octanol–water partition coefficient (Wildman–Crippen LogP) is 2.02. The molecule has 2 heteroatoms. The molecular formula is C13H21NO. The minimum Gasteiger partial charge on any atom is -0.396 e. The molecule has 0 aromatic heterocycles. The Morgan fingerprint density at radius 1 is 1.20 bits per heavy atom. The van der Waals surface area contributed by atoms with Crippen molar-refractivity contribution in [2.75, 3.05) is 13.2 Å². The number of hydrogen-bond donors (Lipinski definition) is 2.